The Morgan fingerprint density at radius 3 is 2.67 bits per heavy atom. The number of benzene rings is 2. The maximum absolute atomic E-state index is 10.4. The quantitative estimate of drug-likeness (QED) is 0.751. The third-order valence-corrected chi connectivity index (χ3v) is 4.16. The van der Waals surface area contributed by atoms with Gasteiger partial charge in [0.15, 0.2) is 0 Å². The van der Waals surface area contributed by atoms with Crippen LogP contribution in [-0.4, -0.2) is 10.1 Å². The summed E-state index contributed by atoms with van der Waals surface area (Å²) in [5.74, 6) is 0. The normalized spacial score (nSPS) is 12.5. The van der Waals surface area contributed by atoms with E-state index >= 15 is 0 Å². The molecule has 0 spiro atoms. The third kappa shape index (κ3) is 3.18. The Bertz CT molecular complexity index is 789. The predicted octanol–water partition coefficient (Wildman–Crippen LogP) is 4.82. The van der Waals surface area contributed by atoms with E-state index in [1.807, 2.05) is 36.4 Å². The van der Waals surface area contributed by atoms with Gasteiger partial charge in [0.25, 0.3) is 0 Å². The van der Waals surface area contributed by atoms with Crippen LogP contribution < -0.4 is 0 Å². The average Bonchev–Trinajstić information content (AvgIpc) is 2.50. The van der Waals surface area contributed by atoms with E-state index in [1.54, 1.807) is 18.3 Å². The summed E-state index contributed by atoms with van der Waals surface area (Å²) >= 11 is 11.9. The third-order valence-electron chi connectivity index (χ3n) is 3.42. The minimum atomic E-state index is -0.591. The van der Waals surface area contributed by atoms with Gasteiger partial charge in [-0.3, -0.25) is 4.98 Å². The zero-order chi connectivity index (χ0) is 14.8. The second kappa shape index (κ2) is 6.02. The summed E-state index contributed by atoms with van der Waals surface area (Å²) in [5, 5.41) is 12.4. The lowest BCUT2D eigenvalue weighted by atomic mass is 10.00. The molecule has 106 valence electrons. The molecule has 1 aromatic heterocycles. The van der Waals surface area contributed by atoms with E-state index in [2.05, 4.69) is 4.98 Å². The number of hydrogen-bond acceptors (Lipinski definition) is 2. The molecule has 0 saturated heterocycles. The van der Waals surface area contributed by atoms with Crippen molar-refractivity contribution in [2.24, 2.45) is 0 Å². The topological polar surface area (TPSA) is 33.1 Å². The number of halogens is 2. The van der Waals surface area contributed by atoms with E-state index in [1.165, 1.54) is 0 Å². The Morgan fingerprint density at radius 1 is 1.00 bits per heavy atom. The summed E-state index contributed by atoms with van der Waals surface area (Å²) in [6.45, 7) is 0. The molecular formula is C17H13Cl2NO. The molecule has 0 amide bonds. The van der Waals surface area contributed by atoms with Crippen molar-refractivity contribution in [3.63, 3.8) is 0 Å². The first kappa shape index (κ1) is 14.3. The fourth-order valence-electron chi connectivity index (χ4n) is 2.31. The number of pyridine rings is 1. The Labute approximate surface area is 133 Å². The van der Waals surface area contributed by atoms with Gasteiger partial charge < -0.3 is 5.11 Å². The Hall–Kier alpha value is -1.61. The smallest absolute Gasteiger partial charge is 0.0830 e. The molecule has 21 heavy (non-hydrogen) atoms. The summed E-state index contributed by atoms with van der Waals surface area (Å²) < 4.78 is 0. The van der Waals surface area contributed by atoms with Crippen molar-refractivity contribution in [3.05, 3.63) is 75.9 Å². The molecule has 0 aliphatic rings. The first-order valence-corrected chi connectivity index (χ1v) is 7.36. The van der Waals surface area contributed by atoms with Crippen molar-refractivity contribution >= 4 is 34.1 Å². The van der Waals surface area contributed by atoms with Crippen LogP contribution in [0.25, 0.3) is 10.9 Å². The number of rotatable bonds is 3. The first-order chi connectivity index (χ1) is 10.1. The van der Waals surface area contributed by atoms with E-state index in [0.29, 0.717) is 16.5 Å². The Kier molecular flexibility index (Phi) is 4.11. The molecule has 0 radical (unpaired) electrons. The van der Waals surface area contributed by atoms with Gasteiger partial charge in [-0.25, -0.2) is 0 Å². The highest BCUT2D eigenvalue weighted by Crippen LogP contribution is 2.26. The monoisotopic (exact) mass is 317 g/mol. The van der Waals surface area contributed by atoms with Gasteiger partial charge in [0.1, 0.15) is 0 Å². The van der Waals surface area contributed by atoms with Gasteiger partial charge in [-0.15, -0.1) is 0 Å². The van der Waals surface area contributed by atoms with E-state index in [-0.39, 0.29) is 0 Å². The first-order valence-electron chi connectivity index (χ1n) is 6.60. The van der Waals surface area contributed by atoms with Crippen LogP contribution in [0.2, 0.25) is 10.0 Å². The van der Waals surface area contributed by atoms with Crippen LogP contribution in [0.5, 0.6) is 0 Å². The molecule has 0 fully saturated rings. The highest BCUT2D eigenvalue weighted by molar-refractivity contribution is 6.42. The fourth-order valence-corrected chi connectivity index (χ4v) is 2.63. The second-order valence-corrected chi connectivity index (χ2v) is 5.74. The Morgan fingerprint density at radius 2 is 1.86 bits per heavy atom. The minimum absolute atomic E-state index is 0.489. The zero-order valence-electron chi connectivity index (χ0n) is 11.1. The van der Waals surface area contributed by atoms with Crippen molar-refractivity contribution < 1.29 is 5.11 Å². The highest BCUT2D eigenvalue weighted by atomic mass is 35.5. The molecule has 3 aromatic rings. The highest BCUT2D eigenvalue weighted by Gasteiger charge is 2.10. The molecule has 1 N–H and O–H groups in total. The van der Waals surface area contributed by atoms with E-state index in [9.17, 15) is 5.11 Å². The van der Waals surface area contributed by atoms with Gasteiger partial charge in [0.05, 0.1) is 21.7 Å². The molecule has 3 rings (SSSR count). The van der Waals surface area contributed by atoms with Crippen LogP contribution in [0, 0.1) is 0 Å². The lowest BCUT2D eigenvalue weighted by Crippen LogP contribution is -2.02. The molecular weight excluding hydrogens is 305 g/mol. The van der Waals surface area contributed by atoms with Gasteiger partial charge >= 0.3 is 0 Å². The van der Waals surface area contributed by atoms with Gasteiger partial charge in [0, 0.05) is 18.0 Å². The van der Waals surface area contributed by atoms with Crippen molar-refractivity contribution in [1.82, 2.24) is 4.98 Å². The summed E-state index contributed by atoms with van der Waals surface area (Å²) in [5.41, 5.74) is 2.73. The number of fused-ring (bicyclic) bond motifs is 1. The minimum Gasteiger partial charge on any atom is -0.388 e. The predicted molar refractivity (Wildman–Crippen MR) is 86.9 cm³/mol. The second-order valence-electron chi connectivity index (χ2n) is 4.92. The van der Waals surface area contributed by atoms with E-state index in [4.69, 9.17) is 23.2 Å². The van der Waals surface area contributed by atoms with Gasteiger partial charge in [-0.2, -0.15) is 0 Å². The number of aliphatic hydroxyl groups is 1. The standard InChI is InChI=1S/C17H13Cl2NO/c18-14-5-3-11(8-15(14)19)9-17(21)13-4-6-16-12(10-13)2-1-7-20-16/h1-8,10,17,21H,9H2. The lowest BCUT2D eigenvalue weighted by molar-refractivity contribution is 0.178. The van der Waals surface area contributed by atoms with Gasteiger partial charge in [-0.05, 0) is 41.5 Å². The Balaban J connectivity index is 1.85. The molecule has 2 nitrogen and oxygen atoms in total. The summed E-state index contributed by atoms with van der Waals surface area (Å²) in [7, 11) is 0. The van der Waals surface area contributed by atoms with Crippen LogP contribution in [0.15, 0.2) is 54.7 Å². The maximum Gasteiger partial charge on any atom is 0.0830 e. The molecule has 1 atom stereocenters. The summed E-state index contributed by atoms with van der Waals surface area (Å²) in [6, 6.07) is 15.1. The number of aliphatic hydroxyl groups excluding tert-OH is 1. The molecule has 0 bridgehead atoms. The zero-order valence-corrected chi connectivity index (χ0v) is 12.6. The number of nitrogens with zero attached hydrogens (tertiary/aromatic N) is 1. The molecule has 4 heteroatoms. The summed E-state index contributed by atoms with van der Waals surface area (Å²) in [6.07, 6.45) is 1.66. The molecule has 1 unspecified atom stereocenters. The van der Waals surface area contributed by atoms with Crippen LogP contribution in [0.1, 0.15) is 17.2 Å². The van der Waals surface area contributed by atoms with Crippen LogP contribution >= 0.6 is 23.2 Å². The van der Waals surface area contributed by atoms with Crippen LogP contribution in [0.4, 0.5) is 0 Å². The van der Waals surface area contributed by atoms with Crippen molar-refractivity contribution in [2.75, 3.05) is 0 Å². The average molecular weight is 318 g/mol. The van der Waals surface area contributed by atoms with Crippen LogP contribution in [-0.2, 0) is 6.42 Å². The van der Waals surface area contributed by atoms with Gasteiger partial charge in [0.2, 0.25) is 0 Å². The fraction of sp³-hybridized carbons (Fsp3) is 0.118. The largest absolute Gasteiger partial charge is 0.388 e. The van der Waals surface area contributed by atoms with E-state index in [0.717, 1.165) is 22.0 Å². The maximum atomic E-state index is 10.4. The molecule has 0 aliphatic carbocycles. The number of hydrogen-bond donors (Lipinski definition) is 1. The lowest BCUT2D eigenvalue weighted by Gasteiger charge is -2.12. The van der Waals surface area contributed by atoms with Crippen molar-refractivity contribution in [2.45, 2.75) is 12.5 Å². The molecule has 0 aliphatic heterocycles. The van der Waals surface area contributed by atoms with Crippen molar-refractivity contribution in [1.29, 1.82) is 0 Å². The van der Waals surface area contributed by atoms with Gasteiger partial charge in [-0.1, -0.05) is 41.4 Å². The molecule has 2 aromatic carbocycles. The SMILES string of the molecule is OC(Cc1ccc(Cl)c(Cl)c1)c1ccc2ncccc2c1. The van der Waals surface area contributed by atoms with Crippen molar-refractivity contribution in [3.8, 4) is 0 Å². The molecule has 0 saturated carbocycles. The summed E-state index contributed by atoms with van der Waals surface area (Å²) in [4.78, 5) is 4.27. The van der Waals surface area contributed by atoms with Crippen LogP contribution in [0.3, 0.4) is 0 Å². The molecule has 1 heterocycles. The van der Waals surface area contributed by atoms with E-state index < -0.39 is 6.10 Å². The number of aromatic nitrogens is 1.